The number of benzene rings is 1. The fourth-order valence-corrected chi connectivity index (χ4v) is 6.55. The van der Waals surface area contributed by atoms with Gasteiger partial charge in [0.25, 0.3) is 5.56 Å². The van der Waals surface area contributed by atoms with E-state index < -0.39 is 46.9 Å². The molecule has 3 aliphatic rings. The van der Waals surface area contributed by atoms with Crippen LogP contribution in [0, 0.1) is 11.3 Å². The average molecular weight is 656 g/mol. The number of fused-ring (bicyclic) bond motifs is 1. The summed E-state index contributed by atoms with van der Waals surface area (Å²) in [4.78, 5) is 57.5. The monoisotopic (exact) mass is 654 g/mol. The van der Waals surface area contributed by atoms with Crippen LogP contribution < -0.4 is 21.5 Å². The molecule has 2 fully saturated rings. The van der Waals surface area contributed by atoms with Gasteiger partial charge in [-0.05, 0) is 45.8 Å². The Labute approximate surface area is 259 Å². The summed E-state index contributed by atoms with van der Waals surface area (Å²) in [5, 5.41) is 7.39. The second-order valence-electron chi connectivity index (χ2n) is 12.7. The van der Waals surface area contributed by atoms with Gasteiger partial charge in [-0.1, -0.05) is 51.1 Å². The minimum atomic E-state index is -1.22. The summed E-state index contributed by atoms with van der Waals surface area (Å²) in [6.45, 7) is 12.6. The third-order valence-corrected chi connectivity index (χ3v) is 9.55. The van der Waals surface area contributed by atoms with Gasteiger partial charge in [0.1, 0.15) is 16.1 Å². The third-order valence-electron chi connectivity index (χ3n) is 8.80. The first-order valence-electron chi connectivity index (χ1n) is 14.6. The first-order valence-corrected chi connectivity index (χ1v) is 15.4. The van der Waals surface area contributed by atoms with Crippen LogP contribution in [0.5, 0.6) is 0 Å². The third kappa shape index (κ3) is 5.62. The molecule has 2 aliphatic heterocycles. The van der Waals surface area contributed by atoms with Crippen LogP contribution in [0.15, 0.2) is 52.4 Å². The van der Waals surface area contributed by atoms with E-state index in [9.17, 15) is 19.2 Å². The number of anilines is 1. The molecule has 1 aliphatic carbocycles. The molecule has 2 amide bonds. The second kappa shape index (κ2) is 11.5. The highest BCUT2D eigenvalue weighted by molar-refractivity contribution is 9.10. The van der Waals surface area contributed by atoms with E-state index in [0.717, 1.165) is 0 Å². The lowest BCUT2D eigenvalue weighted by Crippen LogP contribution is -2.57. The van der Waals surface area contributed by atoms with Gasteiger partial charge in [0, 0.05) is 32.0 Å². The van der Waals surface area contributed by atoms with Crippen molar-refractivity contribution in [2.45, 2.75) is 77.3 Å². The van der Waals surface area contributed by atoms with Gasteiger partial charge in [0.05, 0.1) is 30.6 Å². The van der Waals surface area contributed by atoms with E-state index in [4.69, 9.17) is 10.5 Å². The van der Waals surface area contributed by atoms with Crippen molar-refractivity contribution in [3.8, 4) is 0 Å². The van der Waals surface area contributed by atoms with E-state index in [1.165, 1.54) is 20.7 Å². The molecule has 3 N–H and O–H groups in total. The predicted octanol–water partition coefficient (Wildman–Crippen LogP) is 2.67. The molecule has 1 aromatic carbocycles. The summed E-state index contributed by atoms with van der Waals surface area (Å²) in [7, 11) is 0. The first-order chi connectivity index (χ1) is 20.3. The summed E-state index contributed by atoms with van der Waals surface area (Å²) in [5.74, 6) is -1.73. The number of aromatic nitrogens is 2. The molecule has 5 rings (SSSR count). The molecule has 230 valence electrons. The second-order valence-corrected chi connectivity index (χ2v) is 13.5. The van der Waals surface area contributed by atoms with E-state index in [2.05, 4.69) is 50.0 Å². The van der Waals surface area contributed by atoms with Crippen LogP contribution in [0.4, 0.5) is 5.69 Å². The zero-order chi connectivity index (χ0) is 31.3. The fraction of sp³-hybridized carbons (Fsp3) is 0.516. The molecule has 1 saturated heterocycles. The number of amides is 2. The van der Waals surface area contributed by atoms with Crippen molar-refractivity contribution in [2.24, 2.45) is 17.1 Å². The van der Waals surface area contributed by atoms with Gasteiger partial charge in [-0.25, -0.2) is 9.48 Å². The Kier molecular flexibility index (Phi) is 8.30. The van der Waals surface area contributed by atoms with E-state index in [1.54, 1.807) is 19.2 Å². The number of esters is 1. The van der Waals surface area contributed by atoms with Crippen molar-refractivity contribution >= 4 is 39.4 Å². The zero-order valence-electron chi connectivity index (χ0n) is 25.0. The fourth-order valence-electron chi connectivity index (χ4n) is 6.02. The van der Waals surface area contributed by atoms with E-state index in [1.807, 2.05) is 32.9 Å². The Morgan fingerprint density at radius 3 is 2.47 bits per heavy atom. The van der Waals surface area contributed by atoms with Crippen LogP contribution in [0.25, 0.3) is 0 Å². The van der Waals surface area contributed by atoms with E-state index >= 15 is 0 Å². The van der Waals surface area contributed by atoms with Crippen LogP contribution in [-0.4, -0.2) is 63.2 Å². The molecule has 12 heteroatoms. The van der Waals surface area contributed by atoms with Gasteiger partial charge in [0.2, 0.25) is 11.8 Å². The standard InChI is InChI=1S/C31H39BrN6O5/c1-6-20-13-31(20,29(42)43-7-2)35-26(39)22-12-21(17-37(22)28(41)25(33)30(3,4)5)38-27(40)24(32)23(14-34-38)36-15-18-10-8-9-11-19(18)16-36/h6,8-11,14,20-22,25H,1,7,12-13,15-17,33H2,2-5H3,(H,35,39)/t20-,21-,22+,25-,31-/m1/s1. The molecular weight excluding hydrogens is 616 g/mol. The maximum absolute atomic E-state index is 13.8. The summed E-state index contributed by atoms with van der Waals surface area (Å²) in [5.41, 5.74) is 7.28. The van der Waals surface area contributed by atoms with Crippen LogP contribution in [-0.2, 0) is 32.2 Å². The normalized spacial score (nSPS) is 25.2. The summed E-state index contributed by atoms with van der Waals surface area (Å²) in [6.07, 6.45) is 3.75. The minimum Gasteiger partial charge on any atom is -0.464 e. The number of rotatable bonds is 8. The van der Waals surface area contributed by atoms with Gasteiger partial charge >= 0.3 is 5.97 Å². The van der Waals surface area contributed by atoms with Gasteiger partial charge in [-0.2, -0.15) is 5.10 Å². The number of likely N-dealkylation sites (tertiary alicyclic amines) is 1. The number of nitrogens with zero attached hydrogens (tertiary/aromatic N) is 4. The molecule has 43 heavy (non-hydrogen) atoms. The lowest BCUT2D eigenvalue weighted by atomic mass is 9.86. The molecule has 1 aromatic heterocycles. The highest BCUT2D eigenvalue weighted by atomic mass is 79.9. The van der Waals surface area contributed by atoms with Crippen molar-refractivity contribution in [2.75, 3.05) is 18.1 Å². The number of nitrogens with two attached hydrogens (primary N) is 1. The summed E-state index contributed by atoms with van der Waals surface area (Å²) < 4.78 is 6.94. The number of nitrogens with one attached hydrogen (secondary N) is 1. The molecule has 0 bridgehead atoms. The topological polar surface area (TPSA) is 140 Å². The largest absolute Gasteiger partial charge is 0.464 e. The van der Waals surface area contributed by atoms with Crippen molar-refractivity contribution in [1.82, 2.24) is 20.0 Å². The molecule has 3 heterocycles. The smallest absolute Gasteiger partial charge is 0.332 e. The molecule has 2 aromatic rings. The van der Waals surface area contributed by atoms with Gasteiger partial charge < -0.3 is 25.6 Å². The quantitative estimate of drug-likeness (QED) is 0.327. The Balaban J connectivity index is 1.42. The lowest BCUT2D eigenvalue weighted by molar-refractivity contribution is -0.150. The molecule has 11 nitrogen and oxygen atoms in total. The number of halogens is 1. The van der Waals surface area contributed by atoms with Crippen LogP contribution >= 0.6 is 15.9 Å². The molecular formula is C31H39BrN6O5. The molecule has 0 unspecified atom stereocenters. The number of carbonyl (C=O) groups excluding carboxylic acids is 3. The zero-order valence-corrected chi connectivity index (χ0v) is 26.6. The summed E-state index contributed by atoms with van der Waals surface area (Å²) in [6, 6.07) is 5.68. The lowest BCUT2D eigenvalue weighted by Gasteiger charge is -2.33. The van der Waals surface area contributed by atoms with Crippen molar-refractivity contribution < 1.29 is 19.1 Å². The van der Waals surface area contributed by atoms with E-state index in [-0.39, 0.29) is 31.0 Å². The van der Waals surface area contributed by atoms with Crippen molar-refractivity contribution in [3.05, 3.63) is 69.1 Å². The Morgan fingerprint density at radius 1 is 1.26 bits per heavy atom. The number of carbonyl (C=O) groups is 3. The number of ether oxygens (including phenoxy) is 1. The van der Waals surface area contributed by atoms with Crippen LogP contribution in [0.3, 0.4) is 0 Å². The van der Waals surface area contributed by atoms with Crippen molar-refractivity contribution in [3.63, 3.8) is 0 Å². The summed E-state index contributed by atoms with van der Waals surface area (Å²) >= 11 is 3.51. The molecule has 0 radical (unpaired) electrons. The van der Waals surface area contributed by atoms with Gasteiger partial charge in [-0.3, -0.25) is 14.4 Å². The Morgan fingerprint density at radius 2 is 1.91 bits per heavy atom. The number of hydrogen-bond acceptors (Lipinski definition) is 8. The number of hydrogen-bond donors (Lipinski definition) is 2. The SMILES string of the molecule is C=C[C@@H]1C[C@]1(NC(=O)[C@@H]1C[C@@H](n2ncc(N3Cc4ccccc4C3)c(Br)c2=O)CN1C(=O)[C@@H](N)C(C)(C)C)C(=O)OCC. The Hall–Kier alpha value is -3.51. The minimum absolute atomic E-state index is 0.0614. The van der Waals surface area contributed by atoms with Crippen LogP contribution in [0.2, 0.25) is 0 Å². The van der Waals surface area contributed by atoms with E-state index in [0.29, 0.717) is 29.7 Å². The van der Waals surface area contributed by atoms with Crippen molar-refractivity contribution in [1.29, 1.82) is 0 Å². The maximum atomic E-state index is 13.8. The molecule has 0 spiro atoms. The van der Waals surface area contributed by atoms with Gasteiger partial charge in [0.15, 0.2) is 0 Å². The Bertz CT molecular complexity index is 1490. The molecule has 5 atom stereocenters. The predicted molar refractivity (Wildman–Crippen MR) is 165 cm³/mol. The highest BCUT2D eigenvalue weighted by Gasteiger charge is 2.62. The van der Waals surface area contributed by atoms with Crippen LogP contribution in [0.1, 0.15) is 57.7 Å². The average Bonchev–Trinajstić information content (AvgIpc) is 3.28. The molecule has 1 saturated carbocycles. The highest BCUT2D eigenvalue weighted by Crippen LogP contribution is 2.46. The maximum Gasteiger partial charge on any atom is 0.332 e. The van der Waals surface area contributed by atoms with Gasteiger partial charge in [-0.15, -0.1) is 6.58 Å². The first kappa shape index (κ1) is 30.9.